The number of likely N-dealkylation sites (tertiary alicyclic amines) is 1. The Balaban J connectivity index is 1.74. The van der Waals surface area contributed by atoms with Crippen LogP contribution in [0.3, 0.4) is 0 Å². The minimum atomic E-state index is -0.866. The smallest absolute Gasteiger partial charge is 0.295 e. The summed E-state index contributed by atoms with van der Waals surface area (Å²) in [5.74, 6) is -1.74. The van der Waals surface area contributed by atoms with Gasteiger partial charge in [0.15, 0.2) is 0 Å². The van der Waals surface area contributed by atoms with Crippen LogP contribution in [0.25, 0.3) is 5.76 Å². The molecule has 0 radical (unpaired) electrons. The van der Waals surface area contributed by atoms with Gasteiger partial charge >= 0.3 is 0 Å². The molecule has 7 nitrogen and oxygen atoms in total. The molecule has 0 bridgehead atoms. The lowest BCUT2D eigenvalue weighted by molar-refractivity contribution is -0.140. The van der Waals surface area contributed by atoms with E-state index < -0.39 is 17.7 Å². The molecule has 0 spiro atoms. The minimum Gasteiger partial charge on any atom is -0.508 e. The van der Waals surface area contributed by atoms with Crippen molar-refractivity contribution in [1.82, 2.24) is 14.5 Å². The van der Waals surface area contributed by atoms with E-state index in [1.807, 2.05) is 10.8 Å². The Kier molecular flexibility index (Phi) is 5.34. The van der Waals surface area contributed by atoms with E-state index >= 15 is 0 Å². The zero-order chi connectivity index (χ0) is 21.1. The molecule has 1 aliphatic heterocycles. The number of phenolic OH excluding ortho intramolecular Hbond substituents is 1. The van der Waals surface area contributed by atoms with E-state index in [9.17, 15) is 19.8 Å². The summed E-state index contributed by atoms with van der Waals surface area (Å²) in [4.78, 5) is 31.2. The number of aromatic nitrogens is 2. The third kappa shape index (κ3) is 3.57. The molecule has 1 aromatic heterocycles. The molecule has 152 valence electrons. The number of aryl methyl sites for hydroxylation is 1. The van der Waals surface area contributed by atoms with Gasteiger partial charge in [-0.15, -0.1) is 0 Å². The van der Waals surface area contributed by atoms with Crippen molar-refractivity contribution in [3.05, 3.63) is 90.0 Å². The molecule has 1 aliphatic rings. The number of rotatable bonds is 6. The van der Waals surface area contributed by atoms with Crippen molar-refractivity contribution in [3.63, 3.8) is 0 Å². The third-order valence-corrected chi connectivity index (χ3v) is 5.19. The maximum Gasteiger partial charge on any atom is 0.295 e. The Morgan fingerprint density at radius 2 is 1.73 bits per heavy atom. The number of carbonyl (C=O) groups excluding carboxylic acids is 2. The van der Waals surface area contributed by atoms with Crippen LogP contribution in [0.2, 0.25) is 0 Å². The van der Waals surface area contributed by atoms with Crippen molar-refractivity contribution < 1.29 is 19.8 Å². The second-order valence-electron chi connectivity index (χ2n) is 7.07. The van der Waals surface area contributed by atoms with Crippen LogP contribution in [0.5, 0.6) is 5.75 Å². The lowest BCUT2D eigenvalue weighted by Crippen LogP contribution is -2.31. The van der Waals surface area contributed by atoms with Crippen LogP contribution in [0.4, 0.5) is 0 Å². The van der Waals surface area contributed by atoms with E-state index in [4.69, 9.17) is 0 Å². The van der Waals surface area contributed by atoms with Gasteiger partial charge in [-0.1, -0.05) is 48.5 Å². The van der Waals surface area contributed by atoms with Crippen LogP contribution in [0.15, 0.2) is 78.9 Å². The Morgan fingerprint density at radius 1 is 1.00 bits per heavy atom. The fourth-order valence-corrected chi connectivity index (χ4v) is 3.75. The number of ketones is 1. The van der Waals surface area contributed by atoms with Gasteiger partial charge in [-0.3, -0.25) is 9.59 Å². The van der Waals surface area contributed by atoms with Gasteiger partial charge in [0.05, 0.1) is 17.9 Å². The molecule has 2 heterocycles. The molecular weight excluding hydrogens is 382 g/mol. The molecule has 4 rings (SSSR count). The summed E-state index contributed by atoms with van der Waals surface area (Å²) in [7, 11) is 0. The van der Waals surface area contributed by atoms with E-state index in [0.29, 0.717) is 24.1 Å². The highest BCUT2D eigenvalue weighted by Crippen LogP contribution is 2.42. The number of aliphatic hydroxyl groups excluding tert-OH is 1. The van der Waals surface area contributed by atoms with Crippen LogP contribution in [0, 0.1) is 0 Å². The second-order valence-corrected chi connectivity index (χ2v) is 7.07. The molecule has 3 aromatic rings. The number of phenols is 1. The number of benzene rings is 2. The fourth-order valence-electron chi connectivity index (χ4n) is 3.75. The summed E-state index contributed by atoms with van der Waals surface area (Å²) in [6.45, 7) is 0.905. The van der Waals surface area contributed by atoms with Crippen molar-refractivity contribution in [2.45, 2.75) is 19.0 Å². The van der Waals surface area contributed by atoms with Crippen molar-refractivity contribution in [1.29, 1.82) is 0 Å². The summed E-state index contributed by atoms with van der Waals surface area (Å²) in [5, 5.41) is 21.4. The van der Waals surface area contributed by atoms with E-state index in [0.717, 1.165) is 0 Å². The van der Waals surface area contributed by atoms with Gasteiger partial charge in [-0.05, 0) is 12.5 Å². The minimum absolute atomic E-state index is 0.0182. The Bertz CT molecular complexity index is 1090. The lowest BCUT2D eigenvalue weighted by atomic mass is 9.94. The molecule has 0 saturated carbocycles. The molecular formula is C23H21N3O4. The summed E-state index contributed by atoms with van der Waals surface area (Å²) in [6.07, 6.45) is 5.76. The number of hydrogen-bond acceptors (Lipinski definition) is 5. The molecule has 2 aromatic carbocycles. The highest BCUT2D eigenvalue weighted by Gasteiger charge is 2.46. The monoisotopic (exact) mass is 403 g/mol. The fraction of sp³-hybridized carbons (Fsp3) is 0.174. The molecule has 1 atom stereocenters. The van der Waals surface area contributed by atoms with Crippen LogP contribution in [-0.2, 0) is 16.1 Å². The normalized spacial score (nSPS) is 18.1. The average molecular weight is 403 g/mol. The molecule has 2 N–H and O–H groups in total. The Labute approximate surface area is 173 Å². The van der Waals surface area contributed by atoms with Gasteiger partial charge < -0.3 is 19.7 Å². The summed E-state index contributed by atoms with van der Waals surface area (Å²) in [6, 6.07) is 14.3. The topological polar surface area (TPSA) is 95.7 Å². The number of para-hydroxylation sites is 1. The summed E-state index contributed by atoms with van der Waals surface area (Å²) < 4.78 is 1.88. The van der Waals surface area contributed by atoms with Crippen molar-refractivity contribution in [3.8, 4) is 5.75 Å². The molecule has 1 saturated heterocycles. The van der Waals surface area contributed by atoms with Crippen molar-refractivity contribution >= 4 is 17.4 Å². The highest BCUT2D eigenvalue weighted by molar-refractivity contribution is 6.46. The first kappa shape index (κ1) is 19.4. The summed E-state index contributed by atoms with van der Waals surface area (Å²) in [5.41, 5.74) is 0.821. The van der Waals surface area contributed by atoms with E-state index in [2.05, 4.69) is 4.98 Å². The average Bonchev–Trinajstić information content (AvgIpc) is 3.37. The number of carbonyl (C=O) groups is 2. The number of aliphatic hydroxyl groups is 1. The van der Waals surface area contributed by atoms with Gasteiger partial charge in [0.25, 0.3) is 11.7 Å². The Hall–Kier alpha value is -3.87. The molecule has 30 heavy (non-hydrogen) atoms. The number of Topliss-reactive ketones (excluding diaryl/α,β-unsaturated/α-hetero) is 1. The van der Waals surface area contributed by atoms with Gasteiger partial charge in [-0.25, -0.2) is 4.98 Å². The molecule has 1 unspecified atom stereocenters. The predicted octanol–water partition coefficient (Wildman–Crippen LogP) is 3.10. The van der Waals surface area contributed by atoms with E-state index in [1.165, 1.54) is 11.0 Å². The molecule has 1 amide bonds. The zero-order valence-electron chi connectivity index (χ0n) is 16.2. The van der Waals surface area contributed by atoms with Gasteiger partial charge in [0, 0.05) is 36.6 Å². The van der Waals surface area contributed by atoms with E-state index in [1.54, 1.807) is 61.1 Å². The maximum atomic E-state index is 12.9. The first-order valence-corrected chi connectivity index (χ1v) is 9.65. The molecule has 0 aliphatic carbocycles. The number of aromatic hydroxyl groups is 1. The Morgan fingerprint density at radius 3 is 2.43 bits per heavy atom. The number of hydrogen-bond donors (Lipinski definition) is 2. The largest absolute Gasteiger partial charge is 0.508 e. The number of imidazole rings is 1. The third-order valence-electron chi connectivity index (χ3n) is 5.19. The van der Waals surface area contributed by atoms with Crippen LogP contribution in [-0.4, -0.2) is 42.9 Å². The van der Waals surface area contributed by atoms with Crippen molar-refractivity contribution in [2.24, 2.45) is 0 Å². The first-order valence-electron chi connectivity index (χ1n) is 9.65. The quantitative estimate of drug-likeness (QED) is 0.375. The predicted molar refractivity (Wildman–Crippen MR) is 110 cm³/mol. The first-order chi connectivity index (χ1) is 14.6. The zero-order valence-corrected chi connectivity index (χ0v) is 16.2. The second kappa shape index (κ2) is 8.24. The number of amides is 1. The number of nitrogens with zero attached hydrogens (tertiary/aromatic N) is 3. The highest BCUT2D eigenvalue weighted by atomic mass is 16.3. The van der Waals surface area contributed by atoms with Gasteiger partial charge in [-0.2, -0.15) is 0 Å². The van der Waals surface area contributed by atoms with Crippen molar-refractivity contribution in [2.75, 3.05) is 6.54 Å². The van der Waals surface area contributed by atoms with Crippen LogP contribution < -0.4 is 0 Å². The van der Waals surface area contributed by atoms with Crippen LogP contribution >= 0.6 is 0 Å². The molecule has 7 heteroatoms. The van der Waals surface area contributed by atoms with Crippen LogP contribution in [0.1, 0.15) is 23.6 Å². The molecule has 1 fully saturated rings. The van der Waals surface area contributed by atoms with Gasteiger partial charge in [0.1, 0.15) is 11.5 Å². The standard InChI is InChI=1S/C23H21N3O4/c27-18-10-5-4-9-17(18)20-19(21(28)16-7-2-1-3-8-16)22(29)23(30)26(20)13-6-12-25-14-11-24-15-25/h1-5,7-11,14-15,20,27-28H,6,12-13H2/b21-19-. The SMILES string of the molecule is O=C1C(=O)N(CCCn2ccnc2)C(c2ccccc2O)/C1=C(/O)c1ccccc1. The lowest BCUT2D eigenvalue weighted by Gasteiger charge is -2.26. The van der Waals surface area contributed by atoms with E-state index in [-0.39, 0.29) is 23.6 Å². The maximum absolute atomic E-state index is 12.9. The summed E-state index contributed by atoms with van der Waals surface area (Å²) >= 11 is 0. The van der Waals surface area contributed by atoms with Gasteiger partial charge in [0.2, 0.25) is 0 Å².